The molecule has 0 saturated heterocycles. The normalized spacial score (nSPS) is 13.3. The third-order valence-electron chi connectivity index (χ3n) is 28.0. The molecule has 15 amide bonds. The number of nitrogens with two attached hydrogens (primary N) is 6. The summed E-state index contributed by atoms with van der Waals surface area (Å²) in [7, 11) is 0. The van der Waals surface area contributed by atoms with Crippen LogP contribution < -0.4 is 39.7 Å². The van der Waals surface area contributed by atoms with E-state index in [0.717, 1.165) is 24.0 Å². The predicted molar refractivity (Wildman–Crippen MR) is 570 cm³/mol. The monoisotopic (exact) mass is 2030 g/mol. The van der Waals surface area contributed by atoms with Gasteiger partial charge in [-0.3, -0.25) is 71.9 Å². The lowest BCUT2D eigenvalue weighted by atomic mass is 10.1. The van der Waals surface area contributed by atoms with Crippen LogP contribution in [0.2, 0.25) is 0 Å². The van der Waals surface area contributed by atoms with Gasteiger partial charge in [-0.05, 0) is 233 Å². The number of nitrogens with one attached hydrogen (secondary N) is 1. The molecule has 5 aromatic rings. The van der Waals surface area contributed by atoms with E-state index in [9.17, 15) is 24.0 Å². The van der Waals surface area contributed by atoms with Crippen LogP contribution in [0.3, 0.4) is 0 Å². The topological polar surface area (TPSA) is 470 Å². The molecule has 808 valence electrons. The highest BCUT2D eigenvalue weighted by molar-refractivity contribution is 5.97. The highest BCUT2D eigenvalue weighted by Gasteiger charge is 2.40. The fourth-order valence-electron chi connectivity index (χ4n) is 17.3. The standard InChI is InChI=1S/C110H173N21O15/c1-16-81(6)122(97(133)66-117-61-41-36-56-111)76-107(143)128(87(12)92-48-28-22-29-49-92)72-98(134)119(63-43-38-58-113)69-103(139)124(83(8)18-3)78-109(145)130(89(14)94-52-32-24-33-53-94)74-100(136)121(65-45-40-60-115)71-105(141)126(85(10)20-5)80-110(146)131(90(15)95-54-34-25-35-55-95)75-101(137)120(64-44-39-59-114)70-104(140)125(84(9)19-4)79-108(144)129(88(13)93-50-30-23-31-51-93)73-99(135)118(62-42-37-57-112)68-102(138)123(82(7)17-2)77-106(142)127(67-96(116)132)86(11)91-46-26-21-27-47-91/h21-35,46-55,81-90,117H,16-20,36-45,56-80,111-115H2,1-15H3,(H2,116,132)/t81-,82-,83-,84-,85-,86-,87-,88-,89-,90-/m1/s1. The number of carbonyl (C=O) groups is 15. The van der Waals surface area contributed by atoms with Gasteiger partial charge >= 0.3 is 0 Å². The predicted octanol–water partition coefficient (Wildman–Crippen LogP) is 8.15. The lowest BCUT2D eigenvalue weighted by Crippen LogP contribution is -2.55. The zero-order valence-corrected chi connectivity index (χ0v) is 89.8. The molecule has 0 radical (unpaired) electrons. The third-order valence-corrected chi connectivity index (χ3v) is 28.0. The molecular formula is C110H173N21O15. The van der Waals surface area contributed by atoms with Crippen LogP contribution in [-0.4, -0.2) is 351 Å². The smallest absolute Gasteiger partial charge is 0.243 e. The molecule has 36 nitrogen and oxygen atoms in total. The fraction of sp³-hybridized carbons (Fsp3) is 0.591. The molecule has 0 saturated carbocycles. The summed E-state index contributed by atoms with van der Waals surface area (Å²) in [6.45, 7) is 22.0. The van der Waals surface area contributed by atoms with Crippen molar-refractivity contribution in [1.29, 1.82) is 0 Å². The molecule has 0 bridgehead atoms. The second-order valence-corrected chi connectivity index (χ2v) is 38.3. The lowest BCUT2D eigenvalue weighted by molar-refractivity contribution is -0.152. The Morgan fingerprint density at radius 3 is 0.575 bits per heavy atom. The largest absolute Gasteiger partial charge is 0.368 e. The van der Waals surface area contributed by atoms with Crippen LogP contribution in [0, 0.1) is 0 Å². The summed E-state index contributed by atoms with van der Waals surface area (Å²) in [5.74, 6) is -8.88. The first-order valence-electron chi connectivity index (χ1n) is 52.7. The van der Waals surface area contributed by atoms with Gasteiger partial charge in [0.2, 0.25) is 88.6 Å². The zero-order chi connectivity index (χ0) is 108. The van der Waals surface area contributed by atoms with Gasteiger partial charge in [0.05, 0.1) is 69.5 Å². The summed E-state index contributed by atoms with van der Waals surface area (Å²) in [5, 5.41) is 3.18. The number of unbranched alkanes of at least 4 members (excludes halogenated alkanes) is 5. The van der Waals surface area contributed by atoms with Crippen LogP contribution in [0.5, 0.6) is 0 Å². The number of primary amides is 1. The Bertz CT molecular complexity index is 4790. The summed E-state index contributed by atoms with van der Waals surface area (Å²) < 4.78 is 0. The maximum Gasteiger partial charge on any atom is 0.243 e. The summed E-state index contributed by atoms with van der Waals surface area (Å²) >= 11 is 0. The number of benzene rings is 5. The minimum atomic E-state index is -0.836. The third kappa shape index (κ3) is 40.3. The molecule has 5 aromatic carbocycles. The van der Waals surface area contributed by atoms with Crippen molar-refractivity contribution in [2.75, 3.05) is 164 Å². The van der Waals surface area contributed by atoms with E-state index in [2.05, 4.69) is 5.32 Å². The van der Waals surface area contributed by atoms with E-state index in [0.29, 0.717) is 113 Å². The molecule has 0 aliphatic heterocycles. The van der Waals surface area contributed by atoms with Crippen molar-refractivity contribution in [1.82, 2.24) is 73.9 Å². The van der Waals surface area contributed by atoms with Crippen LogP contribution >= 0.6 is 0 Å². The molecule has 10 atom stereocenters. The molecule has 0 spiro atoms. The molecule has 146 heavy (non-hydrogen) atoms. The summed E-state index contributed by atoms with van der Waals surface area (Å²) in [6, 6.07) is 38.8. The fourth-order valence-corrected chi connectivity index (χ4v) is 17.3. The van der Waals surface area contributed by atoms with Crippen LogP contribution in [0.1, 0.15) is 258 Å². The molecule has 0 fully saturated rings. The molecule has 5 rings (SSSR count). The number of hydrogen-bond donors (Lipinski definition) is 7. The molecular weight excluding hydrogens is 1860 g/mol. The maximum absolute atomic E-state index is 15.8. The van der Waals surface area contributed by atoms with Crippen LogP contribution in [0.15, 0.2) is 152 Å². The van der Waals surface area contributed by atoms with E-state index in [4.69, 9.17) is 34.4 Å². The number of rotatable bonds is 70. The first-order chi connectivity index (χ1) is 69.8. The summed E-state index contributed by atoms with van der Waals surface area (Å²) in [6.07, 6.45) is 6.80. The van der Waals surface area contributed by atoms with Gasteiger partial charge < -0.3 is 108 Å². The van der Waals surface area contributed by atoms with Gasteiger partial charge in [0.15, 0.2) is 0 Å². The van der Waals surface area contributed by atoms with Gasteiger partial charge in [0, 0.05) is 56.4 Å². The van der Waals surface area contributed by atoms with Gasteiger partial charge in [-0.15, -0.1) is 0 Å². The lowest BCUT2D eigenvalue weighted by Gasteiger charge is -2.38. The average Bonchev–Trinajstić information content (AvgIpc) is 0.831. The van der Waals surface area contributed by atoms with Crippen molar-refractivity contribution in [3.05, 3.63) is 179 Å². The SMILES string of the molecule is CC[C@@H](C)N(CC(=O)N(CC(N)=O)[C@H](C)c1ccccc1)C(=O)CN(CCCCN)C(=O)CN(C(=O)CN(C(=O)CN(CCCCN)C(=O)CN(C(=O)CN(C(=O)CN(CCCCN)C(=O)CN(C(=O)CN(C(=O)CN(CCCCN)C(=O)CN(C(=O)CN(C(=O)CNCCCCN)[C@H](C)CC)[C@H](C)c1ccccc1)[C@H](C)CC)[C@H](C)c1ccccc1)[C@H](C)CC)[C@H](C)c1ccccc1)[C@H](C)CC)[C@H](C)c1ccccc1. The second kappa shape index (κ2) is 66.9. The molecule has 13 N–H and O–H groups in total. The highest BCUT2D eigenvalue weighted by atomic mass is 16.2. The minimum Gasteiger partial charge on any atom is -0.368 e. The average molecular weight is 2030 g/mol. The van der Waals surface area contributed by atoms with Crippen LogP contribution in [0.25, 0.3) is 0 Å². The van der Waals surface area contributed by atoms with Gasteiger partial charge in [-0.1, -0.05) is 186 Å². The zero-order valence-electron chi connectivity index (χ0n) is 89.8. The first kappa shape index (κ1) is 124. The van der Waals surface area contributed by atoms with E-state index >= 15 is 47.9 Å². The van der Waals surface area contributed by atoms with Crippen LogP contribution in [-0.2, 0) is 71.9 Å². The van der Waals surface area contributed by atoms with E-state index in [1.807, 2.05) is 114 Å². The van der Waals surface area contributed by atoms with E-state index in [1.165, 1.54) is 68.6 Å². The van der Waals surface area contributed by atoms with Crippen molar-refractivity contribution in [3.8, 4) is 0 Å². The van der Waals surface area contributed by atoms with Gasteiger partial charge in [0.25, 0.3) is 0 Å². The van der Waals surface area contributed by atoms with Crippen molar-refractivity contribution in [2.45, 2.75) is 261 Å². The van der Waals surface area contributed by atoms with Crippen molar-refractivity contribution < 1.29 is 71.9 Å². The Morgan fingerprint density at radius 1 is 0.219 bits per heavy atom. The quantitative estimate of drug-likeness (QED) is 0.0180. The first-order valence-corrected chi connectivity index (χ1v) is 52.7. The molecule has 0 aliphatic carbocycles. The molecule has 0 unspecified atom stereocenters. The minimum absolute atomic E-state index is 0.00885. The van der Waals surface area contributed by atoms with Gasteiger partial charge in [0.1, 0.15) is 58.9 Å². The summed E-state index contributed by atoms with van der Waals surface area (Å²) in [4.78, 5) is 245. The number of hydrogen-bond acceptors (Lipinski definition) is 21. The van der Waals surface area contributed by atoms with Crippen molar-refractivity contribution in [3.63, 3.8) is 0 Å². The van der Waals surface area contributed by atoms with Crippen molar-refractivity contribution in [2.24, 2.45) is 34.4 Å². The highest BCUT2D eigenvalue weighted by Crippen LogP contribution is 2.30. The molecule has 0 heterocycles. The number of nitrogens with zero attached hydrogens (tertiary/aromatic N) is 14. The Labute approximate surface area is 868 Å². The Hall–Kier alpha value is -12.1. The van der Waals surface area contributed by atoms with Crippen LogP contribution in [0.4, 0.5) is 0 Å². The molecule has 0 aromatic heterocycles. The van der Waals surface area contributed by atoms with Crippen molar-refractivity contribution >= 4 is 88.6 Å². The van der Waals surface area contributed by atoms with Gasteiger partial charge in [-0.25, -0.2) is 0 Å². The summed E-state index contributed by atoms with van der Waals surface area (Å²) in [5.41, 5.74) is 39.0. The van der Waals surface area contributed by atoms with E-state index in [1.54, 1.807) is 141 Å². The van der Waals surface area contributed by atoms with Gasteiger partial charge in [-0.2, -0.15) is 0 Å². The number of amides is 15. The Balaban J connectivity index is 1.49. The van der Waals surface area contributed by atoms with E-state index < -0.39 is 222 Å². The second-order valence-electron chi connectivity index (χ2n) is 38.3. The number of carbonyl (C=O) groups excluding carboxylic acids is 15. The Morgan fingerprint density at radius 2 is 0.390 bits per heavy atom. The van der Waals surface area contributed by atoms with E-state index in [-0.39, 0.29) is 77.4 Å². The maximum atomic E-state index is 15.8. The Kier molecular flexibility index (Phi) is 57.0. The molecule has 0 aliphatic rings. The molecule has 36 heteroatoms.